The maximum atomic E-state index is 13.1. The summed E-state index contributed by atoms with van der Waals surface area (Å²) >= 11 is 0. The Labute approximate surface area is 96.7 Å². The van der Waals surface area contributed by atoms with Gasteiger partial charge in [0.2, 0.25) is 0 Å². The monoisotopic (exact) mass is 242 g/mol. The predicted molar refractivity (Wildman–Crippen MR) is 65.3 cm³/mol. The zero-order valence-corrected chi connectivity index (χ0v) is 9.73. The molecule has 1 aliphatic rings. The smallest absolute Gasteiger partial charge is 0.127 e. The SMILES string of the molecule is Nc1cc(F)cc(NC2CCS(=O)CC2)c1. The van der Waals surface area contributed by atoms with Crippen LogP contribution in [0.3, 0.4) is 0 Å². The average molecular weight is 242 g/mol. The lowest BCUT2D eigenvalue weighted by Gasteiger charge is -2.23. The van der Waals surface area contributed by atoms with Crippen molar-refractivity contribution in [2.75, 3.05) is 22.6 Å². The second-order valence-electron chi connectivity index (χ2n) is 4.04. The number of rotatable bonds is 2. The molecule has 0 saturated carbocycles. The third-order valence-electron chi connectivity index (χ3n) is 2.68. The highest BCUT2D eigenvalue weighted by atomic mass is 32.2. The largest absolute Gasteiger partial charge is 0.399 e. The van der Waals surface area contributed by atoms with Crippen LogP contribution in [0.15, 0.2) is 18.2 Å². The first-order chi connectivity index (χ1) is 7.63. The first-order valence-corrected chi connectivity index (χ1v) is 6.80. The van der Waals surface area contributed by atoms with Crippen LogP contribution in [-0.2, 0) is 10.8 Å². The first-order valence-electron chi connectivity index (χ1n) is 5.31. The van der Waals surface area contributed by atoms with Gasteiger partial charge in [0.15, 0.2) is 0 Å². The molecule has 1 fully saturated rings. The average Bonchev–Trinajstić information content (AvgIpc) is 2.20. The van der Waals surface area contributed by atoms with Gasteiger partial charge in [-0.25, -0.2) is 4.39 Å². The Balaban J connectivity index is 2.00. The number of benzene rings is 1. The molecule has 0 spiro atoms. The number of nitrogen functional groups attached to an aromatic ring is 1. The Morgan fingerprint density at radius 1 is 1.31 bits per heavy atom. The molecule has 0 aliphatic carbocycles. The summed E-state index contributed by atoms with van der Waals surface area (Å²) in [6.07, 6.45) is 1.73. The van der Waals surface area contributed by atoms with Crippen molar-refractivity contribution in [2.24, 2.45) is 0 Å². The second kappa shape index (κ2) is 4.82. The second-order valence-corrected chi connectivity index (χ2v) is 5.74. The van der Waals surface area contributed by atoms with Gasteiger partial charge >= 0.3 is 0 Å². The summed E-state index contributed by atoms with van der Waals surface area (Å²) in [5.41, 5.74) is 6.68. The van der Waals surface area contributed by atoms with Gasteiger partial charge in [0, 0.05) is 39.7 Å². The minimum absolute atomic E-state index is 0.277. The molecule has 1 aromatic rings. The minimum Gasteiger partial charge on any atom is -0.399 e. The summed E-state index contributed by atoms with van der Waals surface area (Å²) in [5, 5.41) is 3.23. The molecule has 5 heteroatoms. The lowest BCUT2D eigenvalue weighted by atomic mass is 10.1. The van der Waals surface area contributed by atoms with Crippen molar-refractivity contribution < 1.29 is 8.60 Å². The highest BCUT2D eigenvalue weighted by Crippen LogP contribution is 2.19. The number of nitrogens with one attached hydrogen (secondary N) is 1. The summed E-state index contributed by atoms with van der Waals surface area (Å²) < 4.78 is 24.2. The highest BCUT2D eigenvalue weighted by molar-refractivity contribution is 7.85. The van der Waals surface area contributed by atoms with E-state index in [-0.39, 0.29) is 11.9 Å². The van der Waals surface area contributed by atoms with Gasteiger partial charge in [-0.3, -0.25) is 4.21 Å². The minimum atomic E-state index is -0.666. The Hall–Kier alpha value is -1.10. The molecule has 0 unspecified atom stereocenters. The number of halogens is 1. The molecule has 0 atom stereocenters. The molecule has 0 amide bonds. The van der Waals surface area contributed by atoms with E-state index in [1.807, 2.05) is 0 Å². The molecule has 1 aliphatic heterocycles. The quantitative estimate of drug-likeness (QED) is 0.777. The zero-order chi connectivity index (χ0) is 11.5. The van der Waals surface area contributed by atoms with E-state index in [2.05, 4.69) is 5.32 Å². The fraction of sp³-hybridized carbons (Fsp3) is 0.455. The van der Waals surface area contributed by atoms with Crippen LogP contribution in [0, 0.1) is 5.82 Å². The molecule has 16 heavy (non-hydrogen) atoms. The van der Waals surface area contributed by atoms with Crippen LogP contribution in [0.5, 0.6) is 0 Å². The summed E-state index contributed by atoms with van der Waals surface area (Å²) in [6.45, 7) is 0. The van der Waals surface area contributed by atoms with Crippen LogP contribution in [0.2, 0.25) is 0 Å². The topological polar surface area (TPSA) is 55.1 Å². The predicted octanol–water partition coefficient (Wildman–Crippen LogP) is 1.73. The molecule has 88 valence electrons. The van der Waals surface area contributed by atoms with E-state index in [0.29, 0.717) is 11.4 Å². The van der Waals surface area contributed by atoms with Crippen molar-refractivity contribution >= 4 is 22.2 Å². The van der Waals surface area contributed by atoms with Crippen LogP contribution in [0.25, 0.3) is 0 Å². The third kappa shape index (κ3) is 2.95. The van der Waals surface area contributed by atoms with Crippen molar-refractivity contribution in [3.63, 3.8) is 0 Å². The number of anilines is 2. The standard InChI is InChI=1S/C11H15FN2OS/c12-8-5-9(13)7-11(6-8)14-10-1-3-16(15)4-2-10/h5-7,10,14H,1-4,13H2. The first kappa shape index (κ1) is 11.4. The van der Waals surface area contributed by atoms with Gasteiger partial charge in [-0.2, -0.15) is 0 Å². The molecule has 3 nitrogen and oxygen atoms in total. The summed E-state index contributed by atoms with van der Waals surface area (Å²) in [4.78, 5) is 0. The van der Waals surface area contributed by atoms with Crippen molar-refractivity contribution in [3.8, 4) is 0 Å². The molecule has 0 bridgehead atoms. The van der Waals surface area contributed by atoms with E-state index in [1.165, 1.54) is 12.1 Å². The molecule has 1 saturated heterocycles. The molecule has 0 radical (unpaired) electrons. The Morgan fingerprint density at radius 3 is 2.62 bits per heavy atom. The Morgan fingerprint density at radius 2 is 2.00 bits per heavy atom. The van der Waals surface area contributed by atoms with Gasteiger partial charge in [0.25, 0.3) is 0 Å². The molecule has 3 N–H and O–H groups in total. The van der Waals surface area contributed by atoms with E-state index in [1.54, 1.807) is 6.07 Å². The van der Waals surface area contributed by atoms with Crippen LogP contribution in [0.1, 0.15) is 12.8 Å². The molecule has 2 rings (SSSR count). The number of hydrogen-bond acceptors (Lipinski definition) is 3. The third-order valence-corrected chi connectivity index (χ3v) is 4.06. The lowest BCUT2D eigenvalue weighted by Crippen LogP contribution is -2.29. The summed E-state index contributed by atoms with van der Waals surface area (Å²) in [6, 6.07) is 4.72. The molecule has 1 heterocycles. The van der Waals surface area contributed by atoms with E-state index >= 15 is 0 Å². The molecule has 1 aromatic carbocycles. The van der Waals surface area contributed by atoms with Crippen LogP contribution in [0.4, 0.5) is 15.8 Å². The van der Waals surface area contributed by atoms with Crippen LogP contribution in [-0.4, -0.2) is 21.8 Å². The Kier molecular flexibility index (Phi) is 3.43. The van der Waals surface area contributed by atoms with Gasteiger partial charge in [0.1, 0.15) is 5.82 Å². The van der Waals surface area contributed by atoms with Crippen LogP contribution >= 0.6 is 0 Å². The van der Waals surface area contributed by atoms with Gasteiger partial charge in [-0.1, -0.05) is 0 Å². The molecule has 0 aromatic heterocycles. The maximum absolute atomic E-state index is 13.1. The zero-order valence-electron chi connectivity index (χ0n) is 8.91. The fourth-order valence-corrected chi connectivity index (χ4v) is 3.17. The number of hydrogen-bond donors (Lipinski definition) is 2. The van der Waals surface area contributed by atoms with Gasteiger partial charge in [-0.15, -0.1) is 0 Å². The summed E-state index contributed by atoms with van der Waals surface area (Å²) in [5.74, 6) is 1.12. The van der Waals surface area contributed by atoms with E-state index in [9.17, 15) is 8.60 Å². The van der Waals surface area contributed by atoms with Crippen molar-refractivity contribution in [3.05, 3.63) is 24.0 Å². The maximum Gasteiger partial charge on any atom is 0.127 e. The van der Waals surface area contributed by atoms with Gasteiger partial charge in [-0.05, 0) is 31.0 Å². The highest BCUT2D eigenvalue weighted by Gasteiger charge is 2.17. The Bertz CT molecular complexity index is 381. The van der Waals surface area contributed by atoms with Crippen molar-refractivity contribution in [2.45, 2.75) is 18.9 Å². The normalized spacial score (nSPS) is 25.3. The van der Waals surface area contributed by atoms with Gasteiger partial charge < -0.3 is 11.1 Å². The van der Waals surface area contributed by atoms with Crippen LogP contribution < -0.4 is 11.1 Å². The van der Waals surface area contributed by atoms with E-state index < -0.39 is 10.8 Å². The van der Waals surface area contributed by atoms with E-state index in [4.69, 9.17) is 5.73 Å². The fourth-order valence-electron chi connectivity index (χ4n) is 1.87. The number of nitrogens with two attached hydrogens (primary N) is 1. The van der Waals surface area contributed by atoms with Gasteiger partial charge in [0.05, 0.1) is 0 Å². The van der Waals surface area contributed by atoms with E-state index in [0.717, 1.165) is 24.3 Å². The molecular formula is C11H15FN2OS. The molecular weight excluding hydrogens is 227 g/mol. The summed E-state index contributed by atoms with van der Waals surface area (Å²) in [7, 11) is -0.666. The van der Waals surface area contributed by atoms with Crippen molar-refractivity contribution in [1.82, 2.24) is 0 Å². The lowest BCUT2D eigenvalue weighted by molar-refractivity contribution is 0.617. The van der Waals surface area contributed by atoms with Crippen molar-refractivity contribution in [1.29, 1.82) is 0 Å².